The smallest absolute Gasteiger partial charge is 0.166 e. The van der Waals surface area contributed by atoms with Crippen LogP contribution in [0.1, 0.15) is 20.6 Å². The molecule has 10 rings (SSSR count). The number of para-hydroxylation sites is 2. The Bertz CT molecular complexity index is 3590. The molecular formula is C45H28N4S. The van der Waals surface area contributed by atoms with Crippen LogP contribution in [0, 0.1) is 0 Å². The van der Waals surface area contributed by atoms with E-state index in [-0.39, 0.29) is 93.9 Å². The van der Waals surface area contributed by atoms with Gasteiger partial charge in [0.1, 0.15) is 0 Å². The molecule has 7 aromatic carbocycles. The third-order valence-electron chi connectivity index (χ3n) is 8.39. The van der Waals surface area contributed by atoms with Crippen LogP contribution in [-0.2, 0) is 0 Å². The van der Waals surface area contributed by atoms with Crippen molar-refractivity contribution in [3.8, 4) is 51.0 Å². The van der Waals surface area contributed by atoms with Crippen LogP contribution in [0.5, 0.6) is 0 Å². The maximum absolute atomic E-state index is 9.55. The van der Waals surface area contributed by atoms with E-state index in [0.29, 0.717) is 11.1 Å². The minimum atomic E-state index is -0.637. The van der Waals surface area contributed by atoms with Crippen molar-refractivity contribution in [1.29, 1.82) is 0 Å². The maximum Gasteiger partial charge on any atom is 0.166 e. The summed E-state index contributed by atoms with van der Waals surface area (Å²) in [4.78, 5) is 14.6. The summed E-state index contributed by atoms with van der Waals surface area (Å²) < 4.78 is 135. The number of aromatic nitrogens is 4. The number of thiophene rings is 1. The van der Waals surface area contributed by atoms with Gasteiger partial charge in [0, 0.05) is 47.6 Å². The molecule has 0 aliphatic heterocycles. The molecule has 0 atom stereocenters. The van der Waals surface area contributed by atoms with E-state index in [1.165, 1.54) is 10.6 Å². The SMILES string of the molecule is [2H]c1c([2H])c([2H])c2c(sc3c([2H])c(-c4ccc(-c5nc(-c6ccccc6)nc(-c6ccccc6)n5)c(-n5c6c([2H])c([2H])c([2H])c([2H])c6c6c([2H])c([2H])c([2H])c([2H])c65)c4)c([2H])c([2H])c32)c1[2H]. The quantitative estimate of drug-likeness (QED) is 0.183. The van der Waals surface area contributed by atoms with Crippen molar-refractivity contribution >= 4 is 53.3 Å². The van der Waals surface area contributed by atoms with Crippen molar-refractivity contribution in [1.82, 2.24) is 19.5 Å². The number of hydrogen-bond donors (Lipinski definition) is 0. The fourth-order valence-electron chi connectivity index (χ4n) is 6.09. The highest BCUT2D eigenvalue weighted by molar-refractivity contribution is 7.25. The fourth-order valence-corrected chi connectivity index (χ4v) is 7.06. The van der Waals surface area contributed by atoms with Gasteiger partial charge in [0.2, 0.25) is 0 Å². The van der Waals surface area contributed by atoms with Gasteiger partial charge < -0.3 is 4.57 Å². The molecule has 0 radical (unpaired) electrons. The number of rotatable bonds is 5. The molecular weight excluding hydrogens is 629 g/mol. The molecule has 0 bridgehead atoms. The topological polar surface area (TPSA) is 43.6 Å². The Morgan fingerprint density at radius 2 is 1.02 bits per heavy atom. The van der Waals surface area contributed by atoms with Crippen LogP contribution in [0.2, 0.25) is 0 Å². The van der Waals surface area contributed by atoms with Gasteiger partial charge in [-0.2, -0.15) is 0 Å². The van der Waals surface area contributed by atoms with E-state index in [1.54, 1.807) is 12.1 Å². The Labute approximate surface area is 313 Å². The third-order valence-corrected chi connectivity index (χ3v) is 9.41. The highest BCUT2D eigenvalue weighted by Gasteiger charge is 2.20. The molecule has 4 nitrogen and oxygen atoms in total. The molecule has 0 aliphatic rings. The van der Waals surface area contributed by atoms with Gasteiger partial charge in [0.15, 0.2) is 17.5 Å². The largest absolute Gasteiger partial charge is 0.308 e. The highest BCUT2D eigenvalue weighted by atomic mass is 32.1. The molecule has 0 spiro atoms. The van der Waals surface area contributed by atoms with E-state index in [4.69, 9.17) is 28.7 Å². The maximum atomic E-state index is 9.55. The Kier molecular flexibility index (Phi) is 4.02. The van der Waals surface area contributed by atoms with Crippen LogP contribution < -0.4 is 0 Å². The Morgan fingerprint density at radius 1 is 0.460 bits per heavy atom. The summed E-state index contributed by atoms with van der Waals surface area (Å²) in [7, 11) is 0. The molecule has 0 saturated carbocycles. The van der Waals surface area contributed by atoms with Gasteiger partial charge >= 0.3 is 0 Å². The molecule has 50 heavy (non-hydrogen) atoms. The second-order valence-electron chi connectivity index (χ2n) is 11.3. The second-order valence-corrected chi connectivity index (χ2v) is 12.3. The first-order valence-corrected chi connectivity index (χ1v) is 16.3. The lowest BCUT2D eigenvalue weighted by atomic mass is 10.00. The number of benzene rings is 7. The molecule has 0 aliphatic carbocycles. The molecule has 3 heterocycles. The summed E-state index contributed by atoms with van der Waals surface area (Å²) in [5.41, 5.74) is 1.16. The van der Waals surface area contributed by atoms with E-state index in [9.17, 15) is 6.85 Å². The molecule has 234 valence electrons. The van der Waals surface area contributed by atoms with Crippen molar-refractivity contribution < 1.29 is 20.6 Å². The first kappa shape index (κ1) is 17.3. The molecule has 0 N–H and O–H groups in total. The van der Waals surface area contributed by atoms with E-state index in [0.717, 1.165) is 11.3 Å². The van der Waals surface area contributed by atoms with Crippen molar-refractivity contribution in [2.24, 2.45) is 0 Å². The lowest BCUT2D eigenvalue weighted by Gasteiger charge is -2.16. The van der Waals surface area contributed by atoms with E-state index in [2.05, 4.69) is 0 Å². The highest BCUT2D eigenvalue weighted by Crippen LogP contribution is 2.40. The van der Waals surface area contributed by atoms with Gasteiger partial charge in [-0.3, -0.25) is 0 Å². The Hall–Kier alpha value is -6.43. The standard InChI is InChI=1S/C45H28N4S/c1-3-13-29(14-4-1)43-46-44(30-15-5-2-6-16-30)48-45(47-43)37-26-24-31(32-23-25-36-35-19-9-12-22-41(35)50-42(36)28-32)27-40(37)49-38-20-10-7-17-33(38)34-18-8-11-21-39(34)49/h1-28H/i7D,8D,9D,10D,11D,12D,17D,18D,19D,20D,21D,22D,23D,25D,28D. The van der Waals surface area contributed by atoms with Gasteiger partial charge in [0.25, 0.3) is 0 Å². The predicted octanol–water partition coefficient (Wildman–Crippen LogP) is 12.0. The zero-order chi connectivity index (χ0) is 46.1. The third kappa shape index (κ3) is 4.71. The second kappa shape index (κ2) is 11.6. The van der Waals surface area contributed by atoms with E-state index >= 15 is 0 Å². The molecule has 0 saturated heterocycles. The summed E-state index contributed by atoms with van der Waals surface area (Å²) in [6.07, 6.45) is 0. The van der Waals surface area contributed by atoms with Gasteiger partial charge in [-0.15, -0.1) is 11.3 Å². The summed E-state index contributed by atoms with van der Waals surface area (Å²) in [5.74, 6) is 0.582. The van der Waals surface area contributed by atoms with Crippen LogP contribution >= 0.6 is 11.3 Å². The molecule has 10 aromatic rings. The molecule has 0 unspecified atom stereocenters. The average Bonchev–Trinajstić information content (AvgIpc) is 3.91. The molecule has 0 amide bonds. The minimum Gasteiger partial charge on any atom is -0.308 e. The van der Waals surface area contributed by atoms with Crippen LogP contribution in [0.15, 0.2) is 169 Å². The van der Waals surface area contributed by atoms with Crippen LogP contribution in [0.3, 0.4) is 0 Å². The first-order chi connectivity index (χ1) is 31.0. The molecule has 5 heteroatoms. The Morgan fingerprint density at radius 3 is 1.68 bits per heavy atom. The molecule has 3 aromatic heterocycles. The number of hydrogen-bond acceptors (Lipinski definition) is 4. The van der Waals surface area contributed by atoms with Gasteiger partial charge in [-0.25, -0.2) is 15.0 Å². The zero-order valence-electron chi connectivity index (χ0n) is 40.7. The first-order valence-electron chi connectivity index (χ1n) is 23.0. The van der Waals surface area contributed by atoms with Crippen molar-refractivity contribution in [3.63, 3.8) is 0 Å². The zero-order valence-corrected chi connectivity index (χ0v) is 26.5. The van der Waals surface area contributed by atoms with Crippen molar-refractivity contribution in [2.75, 3.05) is 0 Å². The number of fused-ring (bicyclic) bond motifs is 6. The van der Waals surface area contributed by atoms with E-state index < -0.39 is 78.6 Å². The number of nitrogens with zero attached hydrogens (tertiary/aromatic N) is 4. The Balaban J connectivity index is 1.38. The predicted molar refractivity (Wildman–Crippen MR) is 209 cm³/mol. The van der Waals surface area contributed by atoms with Crippen molar-refractivity contribution in [3.05, 3.63) is 169 Å². The molecule has 0 fully saturated rings. The van der Waals surface area contributed by atoms with Gasteiger partial charge in [-0.05, 0) is 47.4 Å². The summed E-state index contributed by atoms with van der Waals surface area (Å²) >= 11 is 0.899. The lowest BCUT2D eigenvalue weighted by molar-refractivity contribution is 1.06. The summed E-state index contributed by atoms with van der Waals surface area (Å²) in [5, 5.41) is -0.309. The summed E-state index contributed by atoms with van der Waals surface area (Å²) in [6.45, 7) is 0. The van der Waals surface area contributed by atoms with Crippen LogP contribution in [0.4, 0.5) is 0 Å². The minimum absolute atomic E-state index is 0.0223. The van der Waals surface area contributed by atoms with E-state index in [1.807, 2.05) is 60.7 Å². The summed E-state index contributed by atoms with van der Waals surface area (Å²) in [6, 6.07) is 15.2. The fraction of sp³-hybridized carbons (Fsp3) is 0. The average molecular weight is 672 g/mol. The van der Waals surface area contributed by atoms with Crippen LogP contribution in [-0.4, -0.2) is 19.5 Å². The van der Waals surface area contributed by atoms with Gasteiger partial charge in [0.05, 0.1) is 37.3 Å². The van der Waals surface area contributed by atoms with Crippen LogP contribution in [0.25, 0.3) is 93.0 Å². The lowest BCUT2D eigenvalue weighted by Crippen LogP contribution is -2.04. The van der Waals surface area contributed by atoms with Gasteiger partial charge in [-0.1, -0.05) is 133 Å². The monoisotopic (exact) mass is 671 g/mol. The van der Waals surface area contributed by atoms with Crippen molar-refractivity contribution in [2.45, 2.75) is 0 Å². The normalized spacial score (nSPS) is 15.8.